The lowest BCUT2D eigenvalue weighted by Gasteiger charge is -2.30. The molecular formula is C13H19N3O2. The number of nitrogens with two attached hydrogens (primary N) is 1. The molecule has 1 fully saturated rings. The number of para-hydroxylation sites is 2. The molecule has 0 saturated carbocycles. The summed E-state index contributed by atoms with van der Waals surface area (Å²) >= 11 is 0. The monoisotopic (exact) mass is 249 g/mol. The van der Waals surface area contributed by atoms with Gasteiger partial charge in [0.1, 0.15) is 0 Å². The zero-order chi connectivity index (χ0) is 13.0. The quantitative estimate of drug-likeness (QED) is 0.832. The molecule has 18 heavy (non-hydrogen) atoms. The summed E-state index contributed by atoms with van der Waals surface area (Å²) in [5.41, 5.74) is 7.40. The van der Waals surface area contributed by atoms with Gasteiger partial charge in [-0.25, -0.2) is 0 Å². The highest BCUT2D eigenvalue weighted by atomic mass is 16.5. The smallest absolute Gasteiger partial charge is 0.241 e. The number of morpholine rings is 1. The molecule has 0 spiro atoms. The van der Waals surface area contributed by atoms with Gasteiger partial charge in [0.25, 0.3) is 0 Å². The predicted octanol–water partition coefficient (Wildman–Crippen LogP) is 0.809. The molecule has 0 bridgehead atoms. The van der Waals surface area contributed by atoms with Gasteiger partial charge in [-0.3, -0.25) is 4.79 Å². The first kappa shape index (κ1) is 12.9. The number of nitrogens with one attached hydrogen (secondary N) is 1. The van der Waals surface area contributed by atoms with Gasteiger partial charge in [0, 0.05) is 13.1 Å². The third-order valence-electron chi connectivity index (χ3n) is 2.93. The average Bonchev–Trinajstić information content (AvgIpc) is 2.40. The molecule has 1 amide bonds. The van der Waals surface area contributed by atoms with Crippen molar-refractivity contribution in [2.75, 3.05) is 36.5 Å². The molecule has 1 aromatic carbocycles. The molecular weight excluding hydrogens is 230 g/mol. The van der Waals surface area contributed by atoms with Crippen LogP contribution in [-0.2, 0) is 9.53 Å². The number of carbonyl (C=O) groups is 1. The maximum atomic E-state index is 11.7. The van der Waals surface area contributed by atoms with E-state index in [9.17, 15) is 4.79 Å². The van der Waals surface area contributed by atoms with Gasteiger partial charge in [-0.1, -0.05) is 12.1 Å². The second-order valence-corrected chi connectivity index (χ2v) is 4.39. The van der Waals surface area contributed by atoms with Gasteiger partial charge in [0.15, 0.2) is 0 Å². The van der Waals surface area contributed by atoms with E-state index in [2.05, 4.69) is 10.2 Å². The second-order valence-electron chi connectivity index (χ2n) is 4.39. The van der Waals surface area contributed by atoms with Crippen molar-refractivity contribution in [1.82, 2.24) is 0 Å². The van der Waals surface area contributed by atoms with Crippen LogP contribution in [0.1, 0.15) is 6.92 Å². The zero-order valence-electron chi connectivity index (χ0n) is 10.6. The molecule has 1 aromatic rings. The largest absolute Gasteiger partial charge is 0.378 e. The molecule has 2 rings (SSSR count). The molecule has 0 aliphatic carbocycles. The van der Waals surface area contributed by atoms with Crippen LogP contribution in [0.5, 0.6) is 0 Å². The summed E-state index contributed by atoms with van der Waals surface area (Å²) in [6.45, 7) is 4.79. The van der Waals surface area contributed by atoms with Crippen molar-refractivity contribution in [3.05, 3.63) is 24.3 Å². The Hall–Kier alpha value is -1.59. The molecule has 5 heteroatoms. The number of anilines is 2. The Morgan fingerprint density at radius 1 is 1.39 bits per heavy atom. The number of nitrogens with zero attached hydrogens (tertiary/aromatic N) is 1. The summed E-state index contributed by atoms with van der Waals surface area (Å²) in [5, 5.41) is 2.86. The van der Waals surface area contributed by atoms with Gasteiger partial charge in [0.2, 0.25) is 5.91 Å². The van der Waals surface area contributed by atoms with Crippen molar-refractivity contribution in [3.63, 3.8) is 0 Å². The second kappa shape index (κ2) is 5.84. The third-order valence-corrected chi connectivity index (χ3v) is 2.93. The summed E-state index contributed by atoms with van der Waals surface area (Å²) in [6.07, 6.45) is 0. The predicted molar refractivity (Wildman–Crippen MR) is 71.8 cm³/mol. The highest BCUT2D eigenvalue weighted by molar-refractivity contribution is 5.97. The number of hydrogen-bond donors (Lipinski definition) is 2. The highest BCUT2D eigenvalue weighted by Crippen LogP contribution is 2.26. The Morgan fingerprint density at radius 3 is 2.72 bits per heavy atom. The van der Waals surface area contributed by atoms with Crippen molar-refractivity contribution in [1.29, 1.82) is 0 Å². The molecule has 1 aliphatic heterocycles. The summed E-state index contributed by atoms with van der Waals surface area (Å²) < 4.78 is 5.33. The Bertz CT molecular complexity index is 414. The Labute approximate surface area is 107 Å². The van der Waals surface area contributed by atoms with E-state index in [1.807, 2.05) is 24.3 Å². The van der Waals surface area contributed by atoms with Crippen molar-refractivity contribution in [2.45, 2.75) is 13.0 Å². The lowest BCUT2D eigenvalue weighted by Crippen LogP contribution is -2.37. The first-order valence-electron chi connectivity index (χ1n) is 6.16. The van der Waals surface area contributed by atoms with Crippen molar-refractivity contribution in [3.8, 4) is 0 Å². The number of amides is 1. The SMILES string of the molecule is C[C@H](N)C(=O)Nc1ccccc1N1CCOCC1. The summed E-state index contributed by atoms with van der Waals surface area (Å²) in [5.74, 6) is -0.171. The minimum absolute atomic E-state index is 0.171. The number of ether oxygens (including phenoxy) is 1. The Morgan fingerprint density at radius 2 is 2.06 bits per heavy atom. The van der Waals surface area contributed by atoms with Crippen molar-refractivity contribution >= 4 is 17.3 Å². The van der Waals surface area contributed by atoms with Gasteiger partial charge < -0.3 is 20.7 Å². The summed E-state index contributed by atoms with van der Waals surface area (Å²) in [4.78, 5) is 13.9. The maximum absolute atomic E-state index is 11.7. The van der Waals surface area contributed by atoms with Crippen LogP contribution in [0.25, 0.3) is 0 Å². The molecule has 5 nitrogen and oxygen atoms in total. The molecule has 1 saturated heterocycles. The minimum Gasteiger partial charge on any atom is -0.378 e. The molecule has 0 aromatic heterocycles. The maximum Gasteiger partial charge on any atom is 0.241 e. The van der Waals surface area contributed by atoms with E-state index in [0.717, 1.165) is 37.7 Å². The first-order valence-corrected chi connectivity index (χ1v) is 6.16. The topological polar surface area (TPSA) is 67.6 Å². The van der Waals surface area contributed by atoms with Gasteiger partial charge in [-0.15, -0.1) is 0 Å². The lowest BCUT2D eigenvalue weighted by atomic mass is 10.2. The Balaban J connectivity index is 2.16. The van der Waals surface area contributed by atoms with Gasteiger partial charge in [-0.2, -0.15) is 0 Å². The van der Waals surface area contributed by atoms with E-state index in [0.29, 0.717) is 0 Å². The van der Waals surface area contributed by atoms with Gasteiger partial charge in [-0.05, 0) is 19.1 Å². The van der Waals surface area contributed by atoms with Crippen molar-refractivity contribution in [2.24, 2.45) is 5.73 Å². The van der Waals surface area contributed by atoms with Crippen LogP contribution >= 0.6 is 0 Å². The fourth-order valence-electron chi connectivity index (χ4n) is 1.91. The van der Waals surface area contributed by atoms with E-state index >= 15 is 0 Å². The first-order chi connectivity index (χ1) is 8.68. The van der Waals surface area contributed by atoms with Crippen LogP contribution in [0.3, 0.4) is 0 Å². The molecule has 1 heterocycles. The zero-order valence-corrected chi connectivity index (χ0v) is 10.6. The normalized spacial score (nSPS) is 17.3. The van der Waals surface area contributed by atoms with Crippen LogP contribution in [-0.4, -0.2) is 38.3 Å². The van der Waals surface area contributed by atoms with Crippen LogP contribution < -0.4 is 16.0 Å². The molecule has 1 aliphatic rings. The molecule has 98 valence electrons. The van der Waals surface area contributed by atoms with Crippen LogP contribution in [0.2, 0.25) is 0 Å². The number of benzene rings is 1. The van der Waals surface area contributed by atoms with E-state index in [-0.39, 0.29) is 5.91 Å². The standard InChI is InChI=1S/C13H19N3O2/c1-10(14)13(17)15-11-4-2-3-5-12(11)16-6-8-18-9-7-16/h2-5,10H,6-9,14H2,1H3,(H,15,17)/t10-/m0/s1. The van der Waals surface area contributed by atoms with E-state index in [4.69, 9.17) is 10.5 Å². The fourth-order valence-corrected chi connectivity index (χ4v) is 1.91. The van der Waals surface area contributed by atoms with Crippen LogP contribution in [0, 0.1) is 0 Å². The van der Waals surface area contributed by atoms with Gasteiger partial charge >= 0.3 is 0 Å². The summed E-state index contributed by atoms with van der Waals surface area (Å²) in [7, 11) is 0. The molecule has 0 radical (unpaired) electrons. The molecule has 3 N–H and O–H groups in total. The van der Waals surface area contributed by atoms with Crippen molar-refractivity contribution < 1.29 is 9.53 Å². The number of rotatable bonds is 3. The fraction of sp³-hybridized carbons (Fsp3) is 0.462. The minimum atomic E-state index is -0.511. The number of hydrogen-bond acceptors (Lipinski definition) is 4. The van der Waals surface area contributed by atoms with E-state index < -0.39 is 6.04 Å². The highest BCUT2D eigenvalue weighted by Gasteiger charge is 2.16. The third kappa shape index (κ3) is 3.00. The lowest BCUT2D eigenvalue weighted by molar-refractivity contribution is -0.117. The summed E-state index contributed by atoms with van der Waals surface area (Å²) in [6, 6.07) is 7.25. The van der Waals surface area contributed by atoms with E-state index in [1.165, 1.54) is 0 Å². The average molecular weight is 249 g/mol. The van der Waals surface area contributed by atoms with Crippen LogP contribution in [0.4, 0.5) is 11.4 Å². The number of carbonyl (C=O) groups excluding carboxylic acids is 1. The van der Waals surface area contributed by atoms with Gasteiger partial charge in [0.05, 0.1) is 30.6 Å². The molecule has 0 unspecified atom stereocenters. The van der Waals surface area contributed by atoms with E-state index in [1.54, 1.807) is 6.92 Å². The van der Waals surface area contributed by atoms with Crippen LogP contribution in [0.15, 0.2) is 24.3 Å². The Kier molecular flexibility index (Phi) is 4.17. The molecule has 1 atom stereocenters.